The Bertz CT molecular complexity index is 566. The van der Waals surface area contributed by atoms with Gasteiger partial charge in [-0.05, 0) is 23.6 Å². The van der Waals surface area contributed by atoms with Crippen LogP contribution in [0.2, 0.25) is 0 Å². The number of aromatic amines is 1. The van der Waals surface area contributed by atoms with Crippen molar-refractivity contribution >= 4 is 5.97 Å². The molecule has 1 aromatic heterocycles. The van der Waals surface area contributed by atoms with Gasteiger partial charge in [-0.15, -0.1) is 0 Å². The molecular formula is C16H20N2O3. The minimum absolute atomic E-state index is 0.384. The van der Waals surface area contributed by atoms with Gasteiger partial charge in [-0.2, -0.15) is 0 Å². The van der Waals surface area contributed by atoms with Crippen molar-refractivity contribution in [1.82, 2.24) is 10.3 Å². The van der Waals surface area contributed by atoms with Gasteiger partial charge in [0.1, 0.15) is 5.69 Å². The summed E-state index contributed by atoms with van der Waals surface area (Å²) in [5, 5.41) is 13.1. The van der Waals surface area contributed by atoms with E-state index in [1.165, 1.54) is 7.11 Å². The number of benzene rings is 1. The number of nitrogens with one attached hydrogen (secondary N) is 2. The molecule has 112 valence electrons. The van der Waals surface area contributed by atoms with E-state index in [1.807, 2.05) is 30.3 Å². The SMILES string of the molecule is COC(=O)c1cc(CNCC(O)Cc2ccccc2)c[nH]1. The minimum Gasteiger partial charge on any atom is -0.464 e. The number of aromatic nitrogens is 1. The molecule has 0 radical (unpaired) electrons. The van der Waals surface area contributed by atoms with Gasteiger partial charge in [0.15, 0.2) is 0 Å². The summed E-state index contributed by atoms with van der Waals surface area (Å²) >= 11 is 0. The molecule has 0 aliphatic carbocycles. The van der Waals surface area contributed by atoms with Crippen molar-refractivity contribution in [3.8, 4) is 0 Å². The summed E-state index contributed by atoms with van der Waals surface area (Å²) in [4.78, 5) is 14.2. The minimum atomic E-state index is -0.439. The van der Waals surface area contributed by atoms with Crippen LogP contribution in [0.3, 0.4) is 0 Å². The molecule has 0 amide bonds. The number of esters is 1. The van der Waals surface area contributed by atoms with Crippen LogP contribution in [0.25, 0.3) is 0 Å². The molecule has 0 fully saturated rings. The average molecular weight is 288 g/mol. The van der Waals surface area contributed by atoms with Gasteiger partial charge in [-0.25, -0.2) is 4.79 Å². The smallest absolute Gasteiger partial charge is 0.354 e. The summed E-state index contributed by atoms with van der Waals surface area (Å²) in [7, 11) is 1.35. The molecule has 0 saturated carbocycles. The molecule has 2 rings (SSSR count). The Morgan fingerprint density at radius 2 is 2.10 bits per heavy atom. The molecule has 5 nitrogen and oxygen atoms in total. The largest absolute Gasteiger partial charge is 0.464 e. The van der Waals surface area contributed by atoms with Crippen molar-refractivity contribution < 1.29 is 14.6 Å². The van der Waals surface area contributed by atoms with E-state index in [2.05, 4.69) is 15.0 Å². The molecule has 1 atom stereocenters. The lowest BCUT2D eigenvalue weighted by Gasteiger charge is -2.11. The fourth-order valence-electron chi connectivity index (χ4n) is 2.11. The number of aliphatic hydroxyl groups excluding tert-OH is 1. The number of hydrogen-bond donors (Lipinski definition) is 3. The topological polar surface area (TPSA) is 74.3 Å². The van der Waals surface area contributed by atoms with Gasteiger partial charge in [0.2, 0.25) is 0 Å². The standard InChI is InChI=1S/C16H20N2O3/c1-21-16(20)15-8-13(10-18-15)9-17-11-14(19)7-12-5-3-2-4-6-12/h2-6,8,10,14,17-19H,7,9,11H2,1H3. The predicted molar refractivity (Wildman–Crippen MR) is 80.0 cm³/mol. The highest BCUT2D eigenvalue weighted by Gasteiger charge is 2.09. The fraction of sp³-hybridized carbons (Fsp3) is 0.312. The lowest BCUT2D eigenvalue weighted by atomic mass is 10.1. The Morgan fingerprint density at radius 3 is 2.81 bits per heavy atom. The Labute approximate surface area is 124 Å². The highest BCUT2D eigenvalue weighted by Crippen LogP contribution is 2.05. The van der Waals surface area contributed by atoms with Crippen molar-refractivity contribution in [2.24, 2.45) is 0 Å². The average Bonchev–Trinajstić information content (AvgIpc) is 2.96. The molecule has 21 heavy (non-hydrogen) atoms. The van der Waals surface area contributed by atoms with Gasteiger partial charge in [-0.1, -0.05) is 30.3 Å². The zero-order valence-electron chi connectivity index (χ0n) is 12.0. The van der Waals surface area contributed by atoms with Gasteiger partial charge in [0.05, 0.1) is 13.2 Å². The first-order valence-electron chi connectivity index (χ1n) is 6.87. The van der Waals surface area contributed by atoms with Gasteiger partial charge in [0.25, 0.3) is 0 Å². The van der Waals surface area contributed by atoms with Crippen LogP contribution >= 0.6 is 0 Å². The predicted octanol–water partition coefficient (Wildman–Crippen LogP) is 1.49. The molecule has 2 aromatic rings. The first-order chi connectivity index (χ1) is 10.2. The summed E-state index contributed by atoms with van der Waals surface area (Å²) in [6, 6.07) is 11.6. The first kappa shape index (κ1) is 15.3. The normalized spacial score (nSPS) is 12.1. The molecule has 3 N–H and O–H groups in total. The summed E-state index contributed by atoms with van der Waals surface area (Å²) in [6.07, 6.45) is 1.93. The first-order valence-corrected chi connectivity index (χ1v) is 6.87. The summed E-state index contributed by atoms with van der Waals surface area (Å²) in [6.45, 7) is 1.08. The summed E-state index contributed by atoms with van der Waals surface area (Å²) in [5.41, 5.74) is 2.49. The second kappa shape index (κ2) is 7.61. The number of H-pyrrole nitrogens is 1. The third kappa shape index (κ3) is 4.73. The second-order valence-corrected chi connectivity index (χ2v) is 4.89. The van der Waals surface area contributed by atoms with E-state index in [0.717, 1.165) is 11.1 Å². The number of carbonyl (C=O) groups excluding carboxylic acids is 1. The highest BCUT2D eigenvalue weighted by atomic mass is 16.5. The molecule has 1 heterocycles. The van der Waals surface area contributed by atoms with Crippen LogP contribution in [0.4, 0.5) is 0 Å². The van der Waals surface area contributed by atoms with Crippen molar-refractivity contribution in [2.45, 2.75) is 19.1 Å². The molecule has 5 heteroatoms. The summed E-state index contributed by atoms with van der Waals surface area (Å²) in [5.74, 6) is -0.384. The van der Waals surface area contributed by atoms with Crippen molar-refractivity contribution in [3.05, 3.63) is 59.4 Å². The Hall–Kier alpha value is -2.11. The molecule has 0 saturated heterocycles. The van der Waals surface area contributed by atoms with E-state index in [9.17, 15) is 9.90 Å². The van der Waals surface area contributed by atoms with E-state index < -0.39 is 6.10 Å². The van der Waals surface area contributed by atoms with E-state index in [1.54, 1.807) is 12.3 Å². The summed E-state index contributed by atoms with van der Waals surface area (Å²) < 4.78 is 4.63. The van der Waals surface area contributed by atoms with Crippen LogP contribution in [-0.2, 0) is 17.7 Å². The lowest BCUT2D eigenvalue weighted by Crippen LogP contribution is -2.27. The second-order valence-electron chi connectivity index (χ2n) is 4.89. The molecule has 1 aromatic carbocycles. The van der Waals surface area contributed by atoms with Crippen molar-refractivity contribution in [2.75, 3.05) is 13.7 Å². The van der Waals surface area contributed by atoms with E-state index in [4.69, 9.17) is 0 Å². The Kier molecular flexibility index (Phi) is 5.54. The number of rotatable bonds is 7. The fourth-order valence-corrected chi connectivity index (χ4v) is 2.11. The van der Waals surface area contributed by atoms with Crippen LogP contribution in [0, 0.1) is 0 Å². The molecule has 0 aliphatic rings. The maximum absolute atomic E-state index is 11.3. The lowest BCUT2D eigenvalue weighted by molar-refractivity contribution is 0.0594. The maximum atomic E-state index is 11.3. The van der Waals surface area contributed by atoms with E-state index in [-0.39, 0.29) is 5.97 Å². The Balaban J connectivity index is 1.74. The maximum Gasteiger partial charge on any atom is 0.354 e. The van der Waals surface area contributed by atoms with Crippen LogP contribution in [0.5, 0.6) is 0 Å². The Morgan fingerprint density at radius 1 is 1.33 bits per heavy atom. The van der Waals surface area contributed by atoms with Crippen LogP contribution in [-0.4, -0.2) is 35.8 Å². The number of ether oxygens (including phenoxy) is 1. The van der Waals surface area contributed by atoms with Crippen LogP contribution in [0.15, 0.2) is 42.6 Å². The van der Waals surface area contributed by atoms with Gasteiger partial charge >= 0.3 is 5.97 Å². The number of aliphatic hydroxyl groups is 1. The number of methoxy groups -OCH3 is 1. The molecule has 0 bridgehead atoms. The van der Waals surface area contributed by atoms with Gasteiger partial charge < -0.3 is 20.1 Å². The third-order valence-corrected chi connectivity index (χ3v) is 3.17. The molecule has 0 aliphatic heterocycles. The van der Waals surface area contributed by atoms with Gasteiger partial charge in [0, 0.05) is 19.3 Å². The molecule has 1 unspecified atom stereocenters. The molecule has 0 spiro atoms. The highest BCUT2D eigenvalue weighted by molar-refractivity contribution is 5.87. The monoisotopic (exact) mass is 288 g/mol. The molecular weight excluding hydrogens is 268 g/mol. The van der Waals surface area contributed by atoms with Gasteiger partial charge in [-0.3, -0.25) is 0 Å². The zero-order chi connectivity index (χ0) is 15.1. The number of hydrogen-bond acceptors (Lipinski definition) is 4. The third-order valence-electron chi connectivity index (χ3n) is 3.17. The van der Waals surface area contributed by atoms with Crippen molar-refractivity contribution in [1.29, 1.82) is 0 Å². The van der Waals surface area contributed by atoms with E-state index in [0.29, 0.717) is 25.2 Å². The van der Waals surface area contributed by atoms with Crippen LogP contribution < -0.4 is 5.32 Å². The quantitative estimate of drug-likeness (QED) is 0.675. The zero-order valence-corrected chi connectivity index (χ0v) is 12.0. The van der Waals surface area contributed by atoms with Crippen molar-refractivity contribution in [3.63, 3.8) is 0 Å². The van der Waals surface area contributed by atoms with Crippen LogP contribution in [0.1, 0.15) is 21.6 Å². The number of carbonyl (C=O) groups is 1. The van der Waals surface area contributed by atoms with E-state index >= 15 is 0 Å².